The second-order valence-electron chi connectivity index (χ2n) is 5.76. The maximum atomic E-state index is 12.4. The Labute approximate surface area is 137 Å². The van der Waals surface area contributed by atoms with E-state index in [2.05, 4.69) is 5.32 Å². The standard InChI is InChI=1S/C16H21N3O2.ClH/c1-18(14-8-9-17-11-14)16(21)12-4-6-13(7-5-12)19-10-2-3-15(19)20;/h4-7,14,17H,2-3,8-11H2,1H3;1H. The van der Waals surface area contributed by atoms with Crippen molar-refractivity contribution in [1.82, 2.24) is 10.2 Å². The molecule has 1 aromatic carbocycles. The first-order valence-corrected chi connectivity index (χ1v) is 7.55. The molecule has 3 rings (SSSR count). The molecule has 1 atom stereocenters. The molecule has 1 N–H and O–H groups in total. The summed E-state index contributed by atoms with van der Waals surface area (Å²) in [7, 11) is 1.86. The number of carbonyl (C=O) groups is 2. The van der Waals surface area contributed by atoms with Crippen LogP contribution in [0.5, 0.6) is 0 Å². The summed E-state index contributed by atoms with van der Waals surface area (Å²) >= 11 is 0. The highest BCUT2D eigenvalue weighted by atomic mass is 35.5. The molecule has 2 aliphatic heterocycles. The molecule has 0 saturated carbocycles. The van der Waals surface area contributed by atoms with Crippen molar-refractivity contribution in [3.8, 4) is 0 Å². The Bertz CT molecular complexity index is 541. The Morgan fingerprint density at radius 3 is 2.59 bits per heavy atom. The van der Waals surface area contributed by atoms with Gasteiger partial charge in [-0.2, -0.15) is 0 Å². The molecule has 0 aliphatic carbocycles. The first-order chi connectivity index (χ1) is 10.2. The van der Waals surface area contributed by atoms with Crippen molar-refractivity contribution in [1.29, 1.82) is 0 Å². The third-order valence-corrected chi connectivity index (χ3v) is 4.40. The summed E-state index contributed by atoms with van der Waals surface area (Å²) < 4.78 is 0. The van der Waals surface area contributed by atoms with Gasteiger partial charge < -0.3 is 15.1 Å². The zero-order valence-electron chi connectivity index (χ0n) is 12.7. The van der Waals surface area contributed by atoms with Crippen LogP contribution in [-0.2, 0) is 4.79 Å². The molecule has 2 heterocycles. The summed E-state index contributed by atoms with van der Waals surface area (Å²) in [6, 6.07) is 7.66. The Morgan fingerprint density at radius 2 is 2.05 bits per heavy atom. The summed E-state index contributed by atoms with van der Waals surface area (Å²) in [5.74, 6) is 0.214. The molecule has 0 bridgehead atoms. The van der Waals surface area contributed by atoms with Gasteiger partial charge in [0.1, 0.15) is 0 Å². The Morgan fingerprint density at radius 1 is 1.32 bits per heavy atom. The van der Waals surface area contributed by atoms with Crippen LogP contribution < -0.4 is 10.2 Å². The van der Waals surface area contributed by atoms with Gasteiger partial charge in [-0.25, -0.2) is 0 Å². The minimum Gasteiger partial charge on any atom is -0.337 e. The van der Waals surface area contributed by atoms with E-state index in [1.165, 1.54) is 0 Å². The third-order valence-electron chi connectivity index (χ3n) is 4.40. The van der Waals surface area contributed by atoms with E-state index in [-0.39, 0.29) is 30.3 Å². The van der Waals surface area contributed by atoms with Crippen molar-refractivity contribution in [2.75, 3.05) is 31.6 Å². The molecule has 120 valence electrons. The molecule has 6 heteroatoms. The van der Waals surface area contributed by atoms with Crippen LogP contribution >= 0.6 is 12.4 Å². The molecule has 1 aromatic rings. The monoisotopic (exact) mass is 323 g/mol. The van der Waals surface area contributed by atoms with Crippen molar-refractivity contribution in [2.24, 2.45) is 0 Å². The van der Waals surface area contributed by atoms with Crippen LogP contribution in [0.25, 0.3) is 0 Å². The average molecular weight is 324 g/mol. The zero-order valence-corrected chi connectivity index (χ0v) is 13.6. The Balaban J connectivity index is 0.00000176. The van der Waals surface area contributed by atoms with Gasteiger partial charge >= 0.3 is 0 Å². The number of halogens is 1. The zero-order chi connectivity index (χ0) is 14.8. The first-order valence-electron chi connectivity index (χ1n) is 7.55. The lowest BCUT2D eigenvalue weighted by Gasteiger charge is -2.24. The van der Waals surface area contributed by atoms with E-state index < -0.39 is 0 Å². The number of hydrogen-bond donors (Lipinski definition) is 1. The van der Waals surface area contributed by atoms with Crippen LogP contribution in [0.15, 0.2) is 24.3 Å². The van der Waals surface area contributed by atoms with Gasteiger partial charge in [-0.05, 0) is 43.7 Å². The predicted molar refractivity (Wildman–Crippen MR) is 88.6 cm³/mol. The number of benzene rings is 1. The van der Waals surface area contributed by atoms with Crippen molar-refractivity contribution < 1.29 is 9.59 Å². The van der Waals surface area contributed by atoms with Crippen molar-refractivity contribution in [3.05, 3.63) is 29.8 Å². The number of amides is 2. The van der Waals surface area contributed by atoms with Crippen LogP contribution in [-0.4, -0.2) is 49.4 Å². The molecule has 0 aromatic heterocycles. The van der Waals surface area contributed by atoms with Crippen molar-refractivity contribution >= 4 is 29.9 Å². The highest BCUT2D eigenvalue weighted by molar-refractivity contribution is 5.97. The number of rotatable bonds is 3. The second-order valence-corrected chi connectivity index (χ2v) is 5.76. The molecule has 1 unspecified atom stereocenters. The number of anilines is 1. The van der Waals surface area contributed by atoms with E-state index in [0.717, 1.165) is 38.2 Å². The van der Waals surface area contributed by atoms with E-state index in [1.54, 1.807) is 4.90 Å². The molecule has 0 spiro atoms. The maximum Gasteiger partial charge on any atom is 0.253 e. The number of hydrogen-bond acceptors (Lipinski definition) is 3. The number of nitrogens with one attached hydrogen (secondary N) is 1. The fraction of sp³-hybridized carbons (Fsp3) is 0.500. The van der Waals surface area contributed by atoms with Gasteiger partial charge in [-0.1, -0.05) is 0 Å². The lowest BCUT2D eigenvalue weighted by molar-refractivity contribution is -0.117. The van der Waals surface area contributed by atoms with Crippen LogP contribution in [0.1, 0.15) is 29.6 Å². The summed E-state index contributed by atoms with van der Waals surface area (Å²) in [5.41, 5.74) is 1.57. The summed E-state index contributed by atoms with van der Waals surface area (Å²) in [4.78, 5) is 27.8. The van der Waals surface area contributed by atoms with Gasteiger partial charge in [0, 0.05) is 43.9 Å². The Hall–Kier alpha value is -1.59. The first kappa shape index (κ1) is 16.8. The van der Waals surface area contributed by atoms with Crippen molar-refractivity contribution in [2.45, 2.75) is 25.3 Å². The largest absolute Gasteiger partial charge is 0.337 e. The highest BCUT2D eigenvalue weighted by Gasteiger charge is 2.25. The van der Waals surface area contributed by atoms with Gasteiger partial charge in [0.05, 0.1) is 0 Å². The highest BCUT2D eigenvalue weighted by Crippen LogP contribution is 2.22. The van der Waals surface area contributed by atoms with Crippen LogP contribution in [0.3, 0.4) is 0 Å². The number of nitrogens with zero attached hydrogens (tertiary/aromatic N) is 2. The van der Waals surface area contributed by atoms with Gasteiger partial charge in [-0.3, -0.25) is 9.59 Å². The summed E-state index contributed by atoms with van der Waals surface area (Å²) in [5, 5.41) is 3.27. The fourth-order valence-electron chi connectivity index (χ4n) is 3.04. The molecule has 2 saturated heterocycles. The molecule has 2 fully saturated rings. The molecule has 2 aliphatic rings. The molecule has 2 amide bonds. The van der Waals surface area contributed by atoms with Crippen LogP contribution in [0.4, 0.5) is 5.69 Å². The minimum absolute atomic E-state index is 0. The maximum absolute atomic E-state index is 12.4. The quantitative estimate of drug-likeness (QED) is 0.920. The third kappa shape index (κ3) is 3.25. The predicted octanol–water partition coefficient (Wildman–Crippen LogP) is 1.67. The van der Waals surface area contributed by atoms with E-state index in [1.807, 2.05) is 36.2 Å². The normalized spacial score (nSPS) is 20.9. The van der Waals surface area contributed by atoms with Gasteiger partial charge in [-0.15, -0.1) is 12.4 Å². The SMILES string of the molecule is CN(C(=O)c1ccc(N2CCCC2=O)cc1)C1CCNC1.Cl. The average Bonchev–Trinajstić information content (AvgIpc) is 3.17. The van der Waals surface area contributed by atoms with Gasteiger partial charge in [0.15, 0.2) is 0 Å². The van der Waals surface area contributed by atoms with Crippen LogP contribution in [0, 0.1) is 0 Å². The Kier molecular flexibility index (Phi) is 5.42. The summed E-state index contributed by atoms with van der Waals surface area (Å²) in [6.45, 7) is 2.61. The van der Waals surface area contributed by atoms with Crippen LogP contribution in [0.2, 0.25) is 0 Å². The lowest BCUT2D eigenvalue weighted by atomic mass is 10.1. The fourth-order valence-corrected chi connectivity index (χ4v) is 3.04. The van der Waals surface area contributed by atoms with E-state index in [4.69, 9.17) is 0 Å². The van der Waals surface area contributed by atoms with Gasteiger partial charge in [0.2, 0.25) is 5.91 Å². The second kappa shape index (κ2) is 7.11. The topological polar surface area (TPSA) is 52.7 Å². The molecule has 5 nitrogen and oxygen atoms in total. The van der Waals surface area contributed by atoms with Crippen molar-refractivity contribution in [3.63, 3.8) is 0 Å². The lowest BCUT2D eigenvalue weighted by Crippen LogP contribution is -2.38. The number of likely N-dealkylation sites (N-methyl/N-ethyl adjacent to an activating group) is 1. The number of carbonyl (C=O) groups excluding carboxylic acids is 2. The molecule has 0 radical (unpaired) electrons. The summed E-state index contributed by atoms with van der Waals surface area (Å²) in [6.07, 6.45) is 2.54. The molecule has 22 heavy (non-hydrogen) atoms. The van der Waals surface area contributed by atoms with E-state index in [9.17, 15) is 9.59 Å². The smallest absolute Gasteiger partial charge is 0.253 e. The minimum atomic E-state index is 0. The molecular formula is C16H22ClN3O2. The van der Waals surface area contributed by atoms with E-state index >= 15 is 0 Å². The molecular weight excluding hydrogens is 302 g/mol. The van der Waals surface area contributed by atoms with E-state index in [0.29, 0.717) is 12.0 Å². The van der Waals surface area contributed by atoms with Gasteiger partial charge in [0.25, 0.3) is 5.91 Å².